The van der Waals surface area contributed by atoms with E-state index in [-0.39, 0.29) is 6.10 Å². The number of hydrogen-bond acceptors (Lipinski definition) is 4. The minimum atomic E-state index is 0.226. The molecule has 1 saturated heterocycles. The van der Waals surface area contributed by atoms with Gasteiger partial charge in [0, 0.05) is 24.8 Å². The topological polar surface area (TPSA) is 39.7 Å². The lowest BCUT2D eigenvalue weighted by molar-refractivity contribution is 0.0663. The summed E-state index contributed by atoms with van der Waals surface area (Å²) in [6.07, 6.45) is 5.03. The summed E-state index contributed by atoms with van der Waals surface area (Å²) in [5.74, 6) is 1.72. The first kappa shape index (κ1) is 14.7. The molecule has 21 heavy (non-hydrogen) atoms. The molecule has 1 N–H and O–H groups in total. The van der Waals surface area contributed by atoms with Gasteiger partial charge in [-0.3, -0.25) is 0 Å². The minimum absolute atomic E-state index is 0.226. The van der Waals surface area contributed by atoms with Crippen LogP contribution in [0.1, 0.15) is 38.2 Å². The number of rotatable bonds is 8. The van der Waals surface area contributed by atoms with Gasteiger partial charge in [0.2, 0.25) is 0 Å². The standard InChI is InChI=1S/C17H25NO3/c1-2-19-16-7-3-5-13(11-18-14-8-9-14)17(16)21-12-15-6-4-10-20-15/h3,5,7,14-15,18H,2,4,6,8-12H2,1H3. The van der Waals surface area contributed by atoms with Crippen molar-refractivity contribution < 1.29 is 14.2 Å². The van der Waals surface area contributed by atoms with Crippen molar-refractivity contribution in [2.45, 2.75) is 51.3 Å². The fraction of sp³-hybridized carbons (Fsp3) is 0.647. The normalized spacial score (nSPS) is 21.5. The molecule has 1 aromatic rings. The van der Waals surface area contributed by atoms with Gasteiger partial charge in [0.1, 0.15) is 6.61 Å². The van der Waals surface area contributed by atoms with Gasteiger partial charge < -0.3 is 19.5 Å². The molecule has 0 amide bonds. The van der Waals surface area contributed by atoms with Crippen LogP contribution in [-0.4, -0.2) is 32.0 Å². The maximum atomic E-state index is 6.07. The Balaban J connectivity index is 1.68. The molecule has 0 aromatic heterocycles. The molecule has 1 heterocycles. The zero-order chi connectivity index (χ0) is 14.5. The van der Waals surface area contributed by atoms with Gasteiger partial charge in [0.15, 0.2) is 11.5 Å². The van der Waals surface area contributed by atoms with Gasteiger partial charge in [0.05, 0.1) is 12.7 Å². The SMILES string of the molecule is CCOc1cccc(CNC2CC2)c1OCC1CCCO1. The molecule has 1 aliphatic heterocycles. The van der Waals surface area contributed by atoms with E-state index in [1.54, 1.807) is 0 Å². The van der Waals surface area contributed by atoms with E-state index >= 15 is 0 Å². The Bertz CT molecular complexity index is 453. The molecule has 0 bridgehead atoms. The Morgan fingerprint density at radius 2 is 2.14 bits per heavy atom. The average molecular weight is 291 g/mol. The molecule has 2 fully saturated rings. The van der Waals surface area contributed by atoms with Gasteiger partial charge in [0.25, 0.3) is 0 Å². The summed E-state index contributed by atoms with van der Waals surface area (Å²) in [4.78, 5) is 0. The van der Waals surface area contributed by atoms with Crippen molar-refractivity contribution in [2.75, 3.05) is 19.8 Å². The fourth-order valence-electron chi connectivity index (χ4n) is 2.63. The van der Waals surface area contributed by atoms with E-state index in [1.165, 1.54) is 18.4 Å². The Kier molecular flexibility index (Phi) is 4.99. The predicted octanol–water partition coefficient (Wildman–Crippen LogP) is 2.90. The molecule has 3 rings (SSSR count). The summed E-state index contributed by atoms with van der Waals surface area (Å²) >= 11 is 0. The summed E-state index contributed by atoms with van der Waals surface area (Å²) in [5, 5.41) is 3.54. The summed E-state index contributed by atoms with van der Waals surface area (Å²) in [7, 11) is 0. The first-order chi connectivity index (χ1) is 10.4. The molecular weight excluding hydrogens is 266 g/mol. The van der Waals surface area contributed by atoms with Crippen LogP contribution in [0.4, 0.5) is 0 Å². The molecule has 4 heteroatoms. The third-order valence-corrected chi connectivity index (χ3v) is 3.96. The van der Waals surface area contributed by atoms with Crippen LogP contribution in [0.15, 0.2) is 18.2 Å². The highest BCUT2D eigenvalue weighted by Gasteiger charge is 2.22. The molecule has 1 aromatic carbocycles. The molecule has 1 unspecified atom stereocenters. The summed E-state index contributed by atoms with van der Waals surface area (Å²) in [6.45, 7) is 4.96. The Labute approximate surface area is 126 Å². The van der Waals surface area contributed by atoms with E-state index in [0.717, 1.165) is 37.5 Å². The lowest BCUT2D eigenvalue weighted by atomic mass is 10.1. The Morgan fingerprint density at radius 3 is 2.86 bits per heavy atom. The quantitative estimate of drug-likeness (QED) is 0.799. The van der Waals surface area contributed by atoms with Crippen LogP contribution >= 0.6 is 0 Å². The number of para-hydroxylation sites is 1. The zero-order valence-electron chi connectivity index (χ0n) is 12.8. The second-order valence-corrected chi connectivity index (χ2v) is 5.78. The minimum Gasteiger partial charge on any atom is -0.490 e. The average Bonchev–Trinajstić information content (AvgIpc) is 3.18. The second-order valence-electron chi connectivity index (χ2n) is 5.78. The lowest BCUT2D eigenvalue weighted by Crippen LogP contribution is -2.19. The van der Waals surface area contributed by atoms with Crippen LogP contribution in [0, 0.1) is 0 Å². The highest BCUT2D eigenvalue weighted by molar-refractivity contribution is 5.46. The van der Waals surface area contributed by atoms with Crippen molar-refractivity contribution in [3.05, 3.63) is 23.8 Å². The molecule has 1 aliphatic carbocycles. The Hall–Kier alpha value is -1.26. The number of nitrogens with one attached hydrogen (secondary N) is 1. The fourth-order valence-corrected chi connectivity index (χ4v) is 2.63. The van der Waals surface area contributed by atoms with Crippen molar-refractivity contribution in [3.8, 4) is 11.5 Å². The van der Waals surface area contributed by atoms with Crippen LogP contribution in [-0.2, 0) is 11.3 Å². The van der Waals surface area contributed by atoms with E-state index in [4.69, 9.17) is 14.2 Å². The molecule has 0 radical (unpaired) electrons. The van der Waals surface area contributed by atoms with Gasteiger partial charge in [-0.2, -0.15) is 0 Å². The molecule has 0 spiro atoms. The number of ether oxygens (including phenoxy) is 3. The third-order valence-electron chi connectivity index (χ3n) is 3.96. The largest absolute Gasteiger partial charge is 0.490 e. The van der Waals surface area contributed by atoms with Gasteiger partial charge in [-0.05, 0) is 38.7 Å². The smallest absolute Gasteiger partial charge is 0.165 e. The first-order valence-corrected chi connectivity index (χ1v) is 8.09. The van der Waals surface area contributed by atoms with Crippen molar-refractivity contribution >= 4 is 0 Å². The van der Waals surface area contributed by atoms with E-state index in [1.807, 2.05) is 19.1 Å². The Morgan fingerprint density at radius 1 is 1.24 bits per heavy atom. The van der Waals surface area contributed by atoms with Gasteiger partial charge in [-0.25, -0.2) is 0 Å². The molecule has 1 atom stereocenters. The van der Waals surface area contributed by atoms with E-state index < -0.39 is 0 Å². The monoisotopic (exact) mass is 291 g/mol. The molecule has 4 nitrogen and oxygen atoms in total. The highest BCUT2D eigenvalue weighted by atomic mass is 16.5. The maximum absolute atomic E-state index is 6.07. The lowest BCUT2D eigenvalue weighted by Gasteiger charge is -2.18. The van der Waals surface area contributed by atoms with Crippen molar-refractivity contribution in [1.82, 2.24) is 5.32 Å². The summed E-state index contributed by atoms with van der Waals surface area (Å²) < 4.78 is 17.4. The van der Waals surface area contributed by atoms with Crippen molar-refractivity contribution in [1.29, 1.82) is 0 Å². The van der Waals surface area contributed by atoms with Crippen molar-refractivity contribution in [2.24, 2.45) is 0 Å². The van der Waals surface area contributed by atoms with Crippen LogP contribution < -0.4 is 14.8 Å². The maximum Gasteiger partial charge on any atom is 0.165 e. The molecule has 1 saturated carbocycles. The van der Waals surface area contributed by atoms with Crippen LogP contribution in [0.3, 0.4) is 0 Å². The third kappa shape index (κ3) is 4.11. The zero-order valence-corrected chi connectivity index (χ0v) is 12.8. The van der Waals surface area contributed by atoms with E-state index in [0.29, 0.717) is 19.3 Å². The van der Waals surface area contributed by atoms with Crippen LogP contribution in [0.5, 0.6) is 11.5 Å². The van der Waals surface area contributed by atoms with E-state index in [2.05, 4.69) is 11.4 Å². The number of hydrogen-bond donors (Lipinski definition) is 1. The second kappa shape index (κ2) is 7.14. The first-order valence-electron chi connectivity index (χ1n) is 8.09. The highest BCUT2D eigenvalue weighted by Crippen LogP contribution is 2.33. The van der Waals surface area contributed by atoms with E-state index in [9.17, 15) is 0 Å². The van der Waals surface area contributed by atoms with Gasteiger partial charge in [-0.1, -0.05) is 12.1 Å². The molecule has 116 valence electrons. The number of benzene rings is 1. The summed E-state index contributed by atoms with van der Waals surface area (Å²) in [6, 6.07) is 6.82. The van der Waals surface area contributed by atoms with Crippen LogP contribution in [0.25, 0.3) is 0 Å². The van der Waals surface area contributed by atoms with Crippen molar-refractivity contribution in [3.63, 3.8) is 0 Å². The van der Waals surface area contributed by atoms with Gasteiger partial charge in [-0.15, -0.1) is 0 Å². The summed E-state index contributed by atoms with van der Waals surface area (Å²) in [5.41, 5.74) is 1.17. The molecule has 2 aliphatic rings. The van der Waals surface area contributed by atoms with Gasteiger partial charge >= 0.3 is 0 Å². The predicted molar refractivity (Wildman–Crippen MR) is 81.9 cm³/mol. The van der Waals surface area contributed by atoms with Crippen LogP contribution in [0.2, 0.25) is 0 Å². The molecular formula is C17H25NO3.